The van der Waals surface area contributed by atoms with Gasteiger partial charge in [0.05, 0.1) is 11.6 Å². The SMILES string of the molecule is COc1c(Br)cc(NC=O)cc1C(F)(F)F. The van der Waals surface area contributed by atoms with Crippen molar-refractivity contribution in [3.63, 3.8) is 0 Å². The van der Waals surface area contributed by atoms with E-state index in [1.54, 1.807) is 0 Å². The van der Waals surface area contributed by atoms with Gasteiger partial charge in [-0.2, -0.15) is 13.2 Å². The number of carbonyl (C=O) groups excluding carboxylic acids is 1. The molecule has 0 aliphatic heterocycles. The number of ether oxygens (including phenoxy) is 1. The first-order chi connectivity index (χ1) is 7.40. The molecule has 0 heterocycles. The van der Waals surface area contributed by atoms with Gasteiger partial charge in [-0.3, -0.25) is 4.79 Å². The highest BCUT2D eigenvalue weighted by Gasteiger charge is 2.35. The van der Waals surface area contributed by atoms with Crippen molar-refractivity contribution in [1.82, 2.24) is 0 Å². The highest BCUT2D eigenvalue weighted by Crippen LogP contribution is 2.42. The monoisotopic (exact) mass is 297 g/mol. The van der Waals surface area contributed by atoms with Crippen LogP contribution in [0.4, 0.5) is 18.9 Å². The maximum atomic E-state index is 12.6. The van der Waals surface area contributed by atoms with E-state index in [1.165, 1.54) is 6.07 Å². The number of methoxy groups -OCH3 is 1. The van der Waals surface area contributed by atoms with Gasteiger partial charge in [0, 0.05) is 5.69 Å². The number of benzene rings is 1. The molecule has 1 N–H and O–H groups in total. The summed E-state index contributed by atoms with van der Waals surface area (Å²) in [5, 5.41) is 2.15. The van der Waals surface area contributed by atoms with Crippen molar-refractivity contribution in [1.29, 1.82) is 0 Å². The first-order valence-corrected chi connectivity index (χ1v) is 4.84. The summed E-state index contributed by atoms with van der Waals surface area (Å²) in [6.45, 7) is 0. The van der Waals surface area contributed by atoms with Gasteiger partial charge in [-0.15, -0.1) is 0 Å². The summed E-state index contributed by atoms with van der Waals surface area (Å²) in [4.78, 5) is 10.2. The molecule has 0 unspecified atom stereocenters. The van der Waals surface area contributed by atoms with Crippen LogP contribution >= 0.6 is 15.9 Å². The summed E-state index contributed by atoms with van der Waals surface area (Å²) >= 11 is 2.94. The maximum Gasteiger partial charge on any atom is 0.420 e. The molecule has 0 spiro atoms. The summed E-state index contributed by atoms with van der Waals surface area (Å²) in [5.41, 5.74) is -0.913. The minimum atomic E-state index is -4.55. The average Bonchev–Trinajstić information content (AvgIpc) is 2.16. The lowest BCUT2D eigenvalue weighted by Gasteiger charge is -2.14. The zero-order valence-electron chi connectivity index (χ0n) is 8.06. The standard InChI is InChI=1S/C9H7BrF3NO2/c1-16-8-6(9(11,12)13)2-5(14-4-15)3-7(8)10/h2-4H,1H3,(H,14,15). The van der Waals surface area contributed by atoms with Gasteiger partial charge in [0.2, 0.25) is 6.41 Å². The quantitative estimate of drug-likeness (QED) is 0.871. The Bertz CT molecular complexity index is 406. The Morgan fingerprint density at radius 2 is 2.06 bits per heavy atom. The van der Waals surface area contributed by atoms with Crippen molar-refractivity contribution in [2.45, 2.75) is 6.18 Å². The van der Waals surface area contributed by atoms with Gasteiger partial charge in [-0.05, 0) is 28.1 Å². The molecule has 0 fully saturated rings. The van der Waals surface area contributed by atoms with Gasteiger partial charge in [-0.1, -0.05) is 0 Å². The first kappa shape index (κ1) is 12.8. The summed E-state index contributed by atoms with van der Waals surface area (Å²) in [6, 6.07) is 2.13. The lowest BCUT2D eigenvalue weighted by atomic mass is 10.1. The Labute approximate surface area is 97.7 Å². The predicted octanol–water partition coefficient (Wildman–Crippen LogP) is 3.04. The van der Waals surface area contributed by atoms with Gasteiger partial charge >= 0.3 is 6.18 Å². The van der Waals surface area contributed by atoms with Crippen LogP contribution in [0.5, 0.6) is 5.75 Å². The van der Waals surface area contributed by atoms with Gasteiger partial charge in [-0.25, -0.2) is 0 Å². The van der Waals surface area contributed by atoms with Crippen LogP contribution in [0.3, 0.4) is 0 Å². The van der Waals surface area contributed by atoms with E-state index >= 15 is 0 Å². The van der Waals surface area contributed by atoms with Crippen molar-refractivity contribution in [3.05, 3.63) is 22.2 Å². The molecule has 16 heavy (non-hydrogen) atoms. The van der Waals surface area contributed by atoms with Gasteiger partial charge in [0.25, 0.3) is 0 Å². The Morgan fingerprint density at radius 1 is 1.44 bits per heavy atom. The van der Waals surface area contributed by atoms with Crippen LogP contribution in [-0.4, -0.2) is 13.5 Å². The van der Waals surface area contributed by atoms with Crippen LogP contribution < -0.4 is 10.1 Å². The number of alkyl halides is 3. The molecular weight excluding hydrogens is 291 g/mol. The molecule has 0 radical (unpaired) electrons. The van der Waals surface area contributed by atoms with Crippen molar-refractivity contribution >= 4 is 28.0 Å². The van der Waals surface area contributed by atoms with Crippen molar-refractivity contribution in [2.24, 2.45) is 0 Å². The number of anilines is 1. The maximum absolute atomic E-state index is 12.6. The summed E-state index contributed by atoms with van der Waals surface area (Å²) in [6.07, 6.45) is -4.25. The second-order valence-corrected chi connectivity index (χ2v) is 3.65. The third-order valence-electron chi connectivity index (χ3n) is 1.78. The minimum Gasteiger partial charge on any atom is -0.495 e. The fraction of sp³-hybridized carbons (Fsp3) is 0.222. The summed E-state index contributed by atoms with van der Waals surface area (Å²) < 4.78 is 42.6. The van der Waals surface area contributed by atoms with Gasteiger partial charge < -0.3 is 10.1 Å². The number of amides is 1. The van der Waals surface area contributed by atoms with E-state index in [2.05, 4.69) is 26.0 Å². The molecular formula is C9H7BrF3NO2. The topological polar surface area (TPSA) is 38.3 Å². The number of carbonyl (C=O) groups is 1. The van der Waals surface area contributed by atoms with Crippen LogP contribution in [0, 0.1) is 0 Å². The molecule has 1 aromatic carbocycles. The van der Waals surface area contributed by atoms with E-state index in [0.29, 0.717) is 6.41 Å². The van der Waals surface area contributed by atoms with E-state index in [0.717, 1.165) is 13.2 Å². The van der Waals surface area contributed by atoms with E-state index in [9.17, 15) is 18.0 Å². The van der Waals surface area contributed by atoms with E-state index in [-0.39, 0.29) is 15.9 Å². The molecule has 0 aliphatic carbocycles. The Balaban J connectivity index is 3.36. The number of rotatable bonds is 3. The Hall–Kier alpha value is -1.24. The molecule has 1 rings (SSSR count). The number of halogens is 4. The molecule has 0 aliphatic rings. The Morgan fingerprint density at radius 3 is 2.50 bits per heavy atom. The van der Waals surface area contributed by atoms with E-state index < -0.39 is 11.7 Å². The number of nitrogens with one attached hydrogen (secondary N) is 1. The van der Waals surface area contributed by atoms with Crippen LogP contribution in [0.1, 0.15) is 5.56 Å². The fourth-order valence-corrected chi connectivity index (χ4v) is 1.78. The molecule has 0 aromatic heterocycles. The van der Waals surface area contributed by atoms with Crippen LogP contribution in [0.2, 0.25) is 0 Å². The zero-order chi connectivity index (χ0) is 12.3. The van der Waals surface area contributed by atoms with E-state index in [1.807, 2.05) is 0 Å². The van der Waals surface area contributed by atoms with Crippen molar-refractivity contribution < 1.29 is 22.7 Å². The van der Waals surface area contributed by atoms with Crippen LogP contribution in [0.15, 0.2) is 16.6 Å². The average molecular weight is 298 g/mol. The van der Waals surface area contributed by atoms with E-state index in [4.69, 9.17) is 0 Å². The second kappa shape index (κ2) is 4.73. The van der Waals surface area contributed by atoms with Crippen molar-refractivity contribution in [2.75, 3.05) is 12.4 Å². The zero-order valence-corrected chi connectivity index (χ0v) is 9.65. The molecule has 0 saturated heterocycles. The number of hydrogen-bond donors (Lipinski definition) is 1. The highest BCUT2D eigenvalue weighted by atomic mass is 79.9. The highest BCUT2D eigenvalue weighted by molar-refractivity contribution is 9.10. The van der Waals surface area contributed by atoms with Gasteiger partial charge in [0.1, 0.15) is 11.3 Å². The molecule has 0 saturated carbocycles. The lowest BCUT2D eigenvalue weighted by molar-refractivity contribution is -0.138. The summed E-state index contributed by atoms with van der Waals surface area (Å²) in [7, 11) is 1.14. The molecule has 88 valence electrons. The van der Waals surface area contributed by atoms with Crippen LogP contribution in [-0.2, 0) is 11.0 Å². The third-order valence-corrected chi connectivity index (χ3v) is 2.37. The van der Waals surface area contributed by atoms with Crippen molar-refractivity contribution in [3.8, 4) is 5.75 Å². The second-order valence-electron chi connectivity index (χ2n) is 2.80. The normalized spacial score (nSPS) is 11.1. The fourth-order valence-electron chi connectivity index (χ4n) is 1.16. The molecule has 7 heteroatoms. The molecule has 0 bridgehead atoms. The third kappa shape index (κ3) is 2.66. The lowest BCUT2D eigenvalue weighted by Crippen LogP contribution is -2.09. The molecule has 1 amide bonds. The molecule has 3 nitrogen and oxygen atoms in total. The molecule has 1 aromatic rings. The van der Waals surface area contributed by atoms with Gasteiger partial charge in [0.15, 0.2) is 0 Å². The number of hydrogen-bond acceptors (Lipinski definition) is 2. The largest absolute Gasteiger partial charge is 0.495 e. The Kier molecular flexibility index (Phi) is 3.79. The first-order valence-electron chi connectivity index (χ1n) is 4.05. The minimum absolute atomic E-state index is 0.0370. The molecule has 0 atom stereocenters. The predicted molar refractivity (Wildman–Crippen MR) is 55.4 cm³/mol. The van der Waals surface area contributed by atoms with Crippen LogP contribution in [0.25, 0.3) is 0 Å². The summed E-state index contributed by atoms with van der Waals surface area (Å²) in [5.74, 6) is -0.316. The smallest absolute Gasteiger partial charge is 0.420 e.